The van der Waals surface area contributed by atoms with E-state index in [0.29, 0.717) is 43.9 Å². The van der Waals surface area contributed by atoms with E-state index in [1.54, 1.807) is 24.1 Å². The van der Waals surface area contributed by atoms with Gasteiger partial charge in [0.25, 0.3) is 0 Å². The van der Waals surface area contributed by atoms with Gasteiger partial charge < -0.3 is 24.8 Å². The molecule has 0 spiro atoms. The topological polar surface area (TPSA) is 121 Å². The molecule has 3 aliphatic rings. The fourth-order valence-electron chi connectivity index (χ4n) is 6.64. The molecule has 10 heteroatoms. The SMILES string of the molecule is COc1ccc(C2=NN(C3CCN(C(=O)C[C@@H](Cc4ccccc4)NC(=O)O)CC3)C(=O)[C@@H]3CCCC[C@H]23)cc1OC. The van der Waals surface area contributed by atoms with Gasteiger partial charge in [-0.15, -0.1) is 0 Å². The number of likely N-dealkylation sites (tertiary alicyclic amines) is 1. The van der Waals surface area contributed by atoms with E-state index < -0.39 is 12.1 Å². The Morgan fingerprint density at radius 1 is 0.976 bits per heavy atom. The number of hydrazone groups is 1. The van der Waals surface area contributed by atoms with Gasteiger partial charge in [0.1, 0.15) is 0 Å². The molecule has 0 bridgehead atoms. The van der Waals surface area contributed by atoms with Gasteiger partial charge in [0.2, 0.25) is 11.8 Å². The first kappa shape index (κ1) is 29.4. The number of fused-ring (bicyclic) bond motifs is 1. The molecule has 3 atom stereocenters. The number of hydrogen-bond donors (Lipinski definition) is 2. The summed E-state index contributed by atoms with van der Waals surface area (Å²) in [7, 11) is 3.22. The number of benzene rings is 2. The van der Waals surface area contributed by atoms with Crippen LogP contribution in [-0.2, 0) is 16.0 Å². The normalized spacial score (nSPS) is 21.7. The van der Waals surface area contributed by atoms with Gasteiger partial charge in [-0.3, -0.25) is 9.59 Å². The summed E-state index contributed by atoms with van der Waals surface area (Å²) in [5, 5.41) is 18.5. The van der Waals surface area contributed by atoms with Crippen LogP contribution < -0.4 is 14.8 Å². The first-order valence-corrected chi connectivity index (χ1v) is 14.8. The Labute approximate surface area is 246 Å². The van der Waals surface area contributed by atoms with Gasteiger partial charge in [-0.1, -0.05) is 43.2 Å². The Morgan fingerprint density at radius 3 is 2.33 bits per heavy atom. The molecule has 0 radical (unpaired) electrons. The van der Waals surface area contributed by atoms with Crippen molar-refractivity contribution in [1.82, 2.24) is 15.2 Å². The predicted octanol–water partition coefficient (Wildman–Crippen LogP) is 4.32. The van der Waals surface area contributed by atoms with Crippen LogP contribution in [0.2, 0.25) is 0 Å². The second kappa shape index (κ2) is 13.3. The lowest BCUT2D eigenvalue weighted by Crippen LogP contribution is -2.53. The fourth-order valence-corrected chi connectivity index (χ4v) is 6.64. The van der Waals surface area contributed by atoms with Crippen LogP contribution in [0.4, 0.5) is 4.79 Å². The Morgan fingerprint density at radius 2 is 1.67 bits per heavy atom. The smallest absolute Gasteiger partial charge is 0.404 e. The number of nitrogens with one attached hydrogen (secondary N) is 1. The van der Waals surface area contributed by atoms with Crippen molar-refractivity contribution < 1.29 is 29.0 Å². The first-order chi connectivity index (χ1) is 20.4. The summed E-state index contributed by atoms with van der Waals surface area (Å²) in [5.41, 5.74) is 2.82. The Bertz CT molecular complexity index is 1310. The maximum absolute atomic E-state index is 13.7. The van der Waals surface area contributed by atoms with Gasteiger partial charge in [-0.25, -0.2) is 9.80 Å². The molecule has 2 aromatic rings. The summed E-state index contributed by atoms with van der Waals surface area (Å²) in [6.45, 7) is 0.988. The number of rotatable bonds is 9. The number of amides is 3. The molecule has 1 aliphatic carbocycles. The van der Waals surface area contributed by atoms with Crippen molar-refractivity contribution in [3.05, 3.63) is 59.7 Å². The highest BCUT2D eigenvalue weighted by atomic mass is 16.5. The van der Waals surface area contributed by atoms with Crippen LogP contribution in [0.25, 0.3) is 0 Å². The van der Waals surface area contributed by atoms with Gasteiger partial charge in [-0.05, 0) is 55.9 Å². The molecule has 2 fully saturated rings. The van der Waals surface area contributed by atoms with Gasteiger partial charge in [0.15, 0.2) is 11.5 Å². The molecule has 0 unspecified atom stereocenters. The second-order valence-corrected chi connectivity index (χ2v) is 11.4. The van der Waals surface area contributed by atoms with Crippen molar-refractivity contribution in [3.8, 4) is 11.5 Å². The minimum Gasteiger partial charge on any atom is -0.493 e. The van der Waals surface area contributed by atoms with Gasteiger partial charge >= 0.3 is 6.09 Å². The standard InChI is InChI=1S/C32H40N4O6/c1-41-27-13-12-22(19-28(27)42-2)30-25-10-6-7-11-26(25)31(38)36(34-30)24-14-16-35(17-15-24)29(37)20-23(33-32(39)40)18-21-8-4-3-5-9-21/h3-5,8-9,12-13,19,23-26,33H,6-7,10-11,14-18,20H2,1-2H3,(H,39,40)/t23-,25+,26-/m1/s1. The molecule has 5 rings (SSSR count). The number of carboxylic acid groups (broad SMARTS) is 1. The van der Waals surface area contributed by atoms with Crippen LogP contribution in [0.3, 0.4) is 0 Å². The minimum atomic E-state index is -1.14. The van der Waals surface area contributed by atoms with E-state index in [2.05, 4.69) is 5.32 Å². The van der Waals surface area contributed by atoms with Crippen LogP contribution >= 0.6 is 0 Å². The van der Waals surface area contributed by atoms with Gasteiger partial charge in [0.05, 0.1) is 26.0 Å². The maximum atomic E-state index is 13.7. The average molecular weight is 577 g/mol. The minimum absolute atomic E-state index is 0.0746. The number of nitrogens with zero attached hydrogens (tertiary/aromatic N) is 3. The van der Waals surface area contributed by atoms with Crippen molar-refractivity contribution in [2.75, 3.05) is 27.3 Å². The third kappa shape index (κ3) is 6.53. The van der Waals surface area contributed by atoms with Crippen molar-refractivity contribution in [2.24, 2.45) is 16.9 Å². The van der Waals surface area contributed by atoms with Gasteiger partial charge in [0, 0.05) is 43.0 Å². The number of ether oxygens (including phenoxy) is 2. The molecule has 2 N–H and O–H groups in total. The van der Waals surface area contributed by atoms with Crippen molar-refractivity contribution in [3.63, 3.8) is 0 Å². The molecule has 1 saturated heterocycles. The average Bonchev–Trinajstić information content (AvgIpc) is 3.01. The van der Waals surface area contributed by atoms with Crippen molar-refractivity contribution in [1.29, 1.82) is 0 Å². The zero-order valence-corrected chi connectivity index (χ0v) is 24.3. The summed E-state index contributed by atoms with van der Waals surface area (Å²) in [6, 6.07) is 14.7. The van der Waals surface area contributed by atoms with Crippen LogP contribution in [0.5, 0.6) is 11.5 Å². The molecule has 3 amide bonds. The molecule has 1 saturated carbocycles. The van der Waals surface area contributed by atoms with E-state index in [1.807, 2.05) is 48.5 Å². The molecule has 2 aromatic carbocycles. The molecular formula is C32H40N4O6. The van der Waals surface area contributed by atoms with E-state index in [1.165, 1.54) is 0 Å². The fraction of sp³-hybridized carbons (Fsp3) is 0.500. The van der Waals surface area contributed by atoms with Crippen LogP contribution in [0.15, 0.2) is 53.6 Å². The predicted molar refractivity (Wildman–Crippen MR) is 158 cm³/mol. The molecule has 42 heavy (non-hydrogen) atoms. The quantitative estimate of drug-likeness (QED) is 0.459. The van der Waals surface area contributed by atoms with E-state index in [4.69, 9.17) is 14.6 Å². The lowest BCUT2D eigenvalue weighted by Gasteiger charge is -2.43. The number of carbonyl (C=O) groups is 3. The summed E-state index contributed by atoms with van der Waals surface area (Å²) >= 11 is 0. The zero-order valence-electron chi connectivity index (χ0n) is 24.3. The highest BCUT2D eigenvalue weighted by Crippen LogP contribution is 2.40. The third-order valence-electron chi connectivity index (χ3n) is 8.79. The number of piperidine rings is 1. The first-order valence-electron chi connectivity index (χ1n) is 14.8. The summed E-state index contributed by atoms with van der Waals surface area (Å²) < 4.78 is 11.0. The van der Waals surface area contributed by atoms with E-state index in [0.717, 1.165) is 42.5 Å². The largest absolute Gasteiger partial charge is 0.493 e. The van der Waals surface area contributed by atoms with Crippen molar-refractivity contribution in [2.45, 2.75) is 63.5 Å². The Kier molecular flexibility index (Phi) is 9.29. The summed E-state index contributed by atoms with van der Waals surface area (Å²) in [5.74, 6) is 1.25. The third-order valence-corrected chi connectivity index (χ3v) is 8.79. The van der Waals surface area contributed by atoms with E-state index in [9.17, 15) is 19.5 Å². The van der Waals surface area contributed by atoms with Gasteiger partial charge in [-0.2, -0.15) is 5.10 Å². The zero-order chi connectivity index (χ0) is 29.6. The molecule has 10 nitrogen and oxygen atoms in total. The van der Waals surface area contributed by atoms with Crippen LogP contribution in [-0.4, -0.2) is 78.0 Å². The van der Waals surface area contributed by atoms with E-state index in [-0.39, 0.29) is 36.1 Å². The highest BCUT2D eigenvalue weighted by molar-refractivity contribution is 6.07. The number of carbonyl (C=O) groups excluding carboxylic acids is 2. The lowest BCUT2D eigenvalue weighted by molar-refractivity contribution is -0.143. The number of hydrogen-bond acceptors (Lipinski definition) is 6. The summed E-state index contributed by atoms with van der Waals surface area (Å²) in [6.07, 6.45) is 4.50. The Balaban J connectivity index is 1.29. The van der Waals surface area contributed by atoms with E-state index >= 15 is 0 Å². The van der Waals surface area contributed by atoms with Crippen LogP contribution in [0.1, 0.15) is 56.1 Å². The van der Waals surface area contributed by atoms with Crippen LogP contribution in [0, 0.1) is 11.8 Å². The molecule has 0 aromatic heterocycles. The molecule has 224 valence electrons. The summed E-state index contributed by atoms with van der Waals surface area (Å²) in [4.78, 5) is 40.1. The monoisotopic (exact) mass is 576 g/mol. The molecule has 2 heterocycles. The maximum Gasteiger partial charge on any atom is 0.404 e. The number of methoxy groups -OCH3 is 2. The second-order valence-electron chi connectivity index (χ2n) is 11.4. The Hall–Kier alpha value is -4.08. The molecular weight excluding hydrogens is 536 g/mol. The lowest BCUT2D eigenvalue weighted by atomic mass is 9.73. The van der Waals surface area contributed by atoms with Crippen molar-refractivity contribution >= 4 is 23.6 Å². The highest BCUT2D eigenvalue weighted by Gasteiger charge is 2.44. The molecule has 2 aliphatic heterocycles.